The molecule has 1 aromatic rings. The Kier molecular flexibility index (Phi) is 4.01. The van der Waals surface area contributed by atoms with Gasteiger partial charge in [-0.05, 0) is 33.6 Å². The van der Waals surface area contributed by atoms with Gasteiger partial charge in [-0.25, -0.2) is 9.97 Å². The maximum Gasteiger partial charge on any atom is 0.137 e. The second-order valence-electron chi connectivity index (χ2n) is 4.75. The van der Waals surface area contributed by atoms with E-state index in [1.54, 1.807) is 0 Å². The summed E-state index contributed by atoms with van der Waals surface area (Å²) in [7, 11) is 0. The normalized spacial score (nSPS) is 14.7. The number of nitrogens with zero attached hydrogens (tertiary/aromatic N) is 3. The third-order valence-corrected chi connectivity index (χ3v) is 3.18. The topological polar surface area (TPSA) is 61.3 Å². The lowest BCUT2D eigenvalue weighted by atomic mass is 10.2. The first-order valence-electron chi connectivity index (χ1n) is 6.64. The van der Waals surface area contributed by atoms with Crippen molar-refractivity contribution in [1.29, 1.82) is 0 Å². The molecule has 18 heavy (non-hydrogen) atoms. The molecular weight excluding hydrogens is 228 g/mol. The van der Waals surface area contributed by atoms with E-state index in [9.17, 15) is 5.11 Å². The van der Waals surface area contributed by atoms with Gasteiger partial charge in [0.1, 0.15) is 17.5 Å². The molecule has 0 saturated heterocycles. The first-order valence-corrected chi connectivity index (χ1v) is 6.64. The number of hydrogen-bond donors (Lipinski definition) is 2. The summed E-state index contributed by atoms with van der Waals surface area (Å²) in [6.07, 6.45) is 2.39. The molecule has 0 aliphatic heterocycles. The van der Waals surface area contributed by atoms with Crippen molar-refractivity contribution >= 4 is 11.6 Å². The summed E-state index contributed by atoms with van der Waals surface area (Å²) >= 11 is 0. The van der Waals surface area contributed by atoms with Crippen molar-refractivity contribution < 1.29 is 5.11 Å². The number of aryl methyl sites for hydroxylation is 1. The van der Waals surface area contributed by atoms with Crippen LogP contribution in [0.2, 0.25) is 0 Å². The molecule has 0 bridgehead atoms. The molecule has 1 fully saturated rings. The van der Waals surface area contributed by atoms with Crippen LogP contribution in [0.3, 0.4) is 0 Å². The zero-order chi connectivity index (χ0) is 13.1. The summed E-state index contributed by atoms with van der Waals surface area (Å²) in [6.45, 7) is 7.67. The van der Waals surface area contributed by atoms with Gasteiger partial charge in [-0.2, -0.15) is 0 Å². The minimum atomic E-state index is 0.162. The van der Waals surface area contributed by atoms with Gasteiger partial charge >= 0.3 is 0 Å². The molecule has 1 saturated carbocycles. The number of aromatic nitrogens is 2. The Morgan fingerprint density at radius 1 is 1.33 bits per heavy atom. The van der Waals surface area contributed by atoms with Crippen molar-refractivity contribution in [3.8, 4) is 0 Å². The Morgan fingerprint density at radius 3 is 2.61 bits per heavy atom. The molecule has 1 aromatic heterocycles. The third kappa shape index (κ3) is 2.72. The molecule has 0 radical (unpaired) electrons. The predicted molar refractivity (Wildman–Crippen MR) is 73.1 cm³/mol. The minimum Gasteiger partial charge on any atom is -0.395 e. The number of anilines is 2. The summed E-state index contributed by atoms with van der Waals surface area (Å²) in [5.41, 5.74) is 1.07. The Balaban J connectivity index is 2.34. The number of hydrogen-bond acceptors (Lipinski definition) is 5. The SMILES string of the molecule is CCNc1nc(C)nc(N(CCO)C2CC2)c1C. The molecule has 1 aliphatic rings. The van der Waals surface area contributed by atoms with Crippen molar-refractivity contribution in [3.05, 3.63) is 11.4 Å². The lowest BCUT2D eigenvalue weighted by Gasteiger charge is -2.25. The fourth-order valence-corrected chi connectivity index (χ4v) is 2.19. The second-order valence-corrected chi connectivity index (χ2v) is 4.75. The van der Waals surface area contributed by atoms with Gasteiger partial charge in [-0.1, -0.05) is 0 Å². The molecule has 0 amide bonds. The van der Waals surface area contributed by atoms with Crippen molar-refractivity contribution in [3.63, 3.8) is 0 Å². The lowest BCUT2D eigenvalue weighted by Crippen LogP contribution is -2.31. The van der Waals surface area contributed by atoms with Gasteiger partial charge in [0.05, 0.1) is 6.61 Å². The van der Waals surface area contributed by atoms with Crippen LogP contribution in [0.25, 0.3) is 0 Å². The number of aliphatic hydroxyl groups is 1. The van der Waals surface area contributed by atoms with Crippen LogP contribution in [-0.4, -0.2) is 40.8 Å². The molecule has 0 spiro atoms. The standard InChI is InChI=1S/C13H22N4O/c1-4-14-12-9(2)13(16-10(3)15-12)17(7-8-18)11-5-6-11/h11,18H,4-8H2,1-3H3,(H,14,15,16). The molecule has 0 unspecified atom stereocenters. The summed E-state index contributed by atoms with van der Waals surface area (Å²) in [6, 6.07) is 0.541. The highest BCUT2D eigenvalue weighted by Crippen LogP contribution is 2.33. The number of aliphatic hydroxyl groups excluding tert-OH is 1. The summed E-state index contributed by atoms with van der Waals surface area (Å²) in [5, 5.41) is 12.5. The van der Waals surface area contributed by atoms with Crippen LogP contribution in [0.15, 0.2) is 0 Å². The molecule has 1 aliphatic carbocycles. The zero-order valence-electron chi connectivity index (χ0n) is 11.4. The number of nitrogens with one attached hydrogen (secondary N) is 1. The van der Waals surface area contributed by atoms with Gasteiger partial charge in [0.25, 0.3) is 0 Å². The van der Waals surface area contributed by atoms with Gasteiger partial charge in [0.15, 0.2) is 0 Å². The van der Waals surface area contributed by atoms with Crippen molar-refractivity contribution in [2.45, 2.75) is 39.7 Å². The van der Waals surface area contributed by atoms with Gasteiger partial charge in [0, 0.05) is 24.7 Å². The molecule has 1 heterocycles. The Labute approximate surface area is 108 Å². The van der Waals surface area contributed by atoms with E-state index in [1.165, 1.54) is 12.8 Å². The largest absolute Gasteiger partial charge is 0.395 e. The predicted octanol–water partition coefficient (Wildman–Crippen LogP) is 1.49. The van der Waals surface area contributed by atoms with E-state index in [2.05, 4.69) is 27.1 Å². The first-order chi connectivity index (χ1) is 8.67. The maximum absolute atomic E-state index is 9.21. The van der Waals surface area contributed by atoms with Crippen molar-refractivity contribution in [2.24, 2.45) is 0 Å². The minimum absolute atomic E-state index is 0.162. The van der Waals surface area contributed by atoms with Crippen LogP contribution >= 0.6 is 0 Å². The average molecular weight is 250 g/mol. The lowest BCUT2D eigenvalue weighted by molar-refractivity contribution is 0.301. The van der Waals surface area contributed by atoms with E-state index in [-0.39, 0.29) is 6.61 Å². The maximum atomic E-state index is 9.21. The average Bonchev–Trinajstić information content (AvgIpc) is 3.15. The van der Waals surface area contributed by atoms with E-state index in [1.807, 2.05) is 13.8 Å². The Morgan fingerprint density at radius 2 is 2.06 bits per heavy atom. The van der Waals surface area contributed by atoms with Crippen LogP contribution in [0, 0.1) is 13.8 Å². The monoisotopic (exact) mass is 250 g/mol. The van der Waals surface area contributed by atoms with Gasteiger partial charge in [-0.15, -0.1) is 0 Å². The highest BCUT2D eigenvalue weighted by atomic mass is 16.3. The summed E-state index contributed by atoms with van der Waals surface area (Å²) < 4.78 is 0. The van der Waals surface area contributed by atoms with Crippen LogP contribution in [0.5, 0.6) is 0 Å². The molecule has 0 aromatic carbocycles. The summed E-state index contributed by atoms with van der Waals surface area (Å²) in [4.78, 5) is 11.2. The fourth-order valence-electron chi connectivity index (χ4n) is 2.19. The van der Waals surface area contributed by atoms with Crippen molar-refractivity contribution in [2.75, 3.05) is 29.9 Å². The third-order valence-electron chi connectivity index (χ3n) is 3.18. The van der Waals surface area contributed by atoms with E-state index < -0.39 is 0 Å². The second kappa shape index (κ2) is 5.52. The Bertz CT molecular complexity index is 418. The van der Waals surface area contributed by atoms with E-state index in [0.717, 1.165) is 29.6 Å². The van der Waals surface area contributed by atoms with Gasteiger partial charge in [0.2, 0.25) is 0 Å². The molecule has 5 heteroatoms. The smallest absolute Gasteiger partial charge is 0.137 e. The molecule has 0 atom stereocenters. The molecule has 5 nitrogen and oxygen atoms in total. The van der Waals surface area contributed by atoms with E-state index in [0.29, 0.717) is 12.6 Å². The van der Waals surface area contributed by atoms with Gasteiger partial charge in [-0.3, -0.25) is 0 Å². The molecule has 100 valence electrons. The van der Waals surface area contributed by atoms with Gasteiger partial charge < -0.3 is 15.3 Å². The molecule has 2 N–H and O–H groups in total. The van der Waals surface area contributed by atoms with E-state index in [4.69, 9.17) is 0 Å². The number of rotatable bonds is 6. The van der Waals surface area contributed by atoms with Crippen LogP contribution in [0.1, 0.15) is 31.2 Å². The molecular formula is C13H22N4O. The van der Waals surface area contributed by atoms with Crippen LogP contribution < -0.4 is 10.2 Å². The highest BCUT2D eigenvalue weighted by Gasteiger charge is 2.31. The quantitative estimate of drug-likeness (QED) is 0.801. The van der Waals surface area contributed by atoms with Crippen molar-refractivity contribution in [1.82, 2.24) is 9.97 Å². The summed E-state index contributed by atoms with van der Waals surface area (Å²) in [5.74, 6) is 2.65. The highest BCUT2D eigenvalue weighted by molar-refractivity contribution is 5.59. The molecule has 2 rings (SSSR count). The Hall–Kier alpha value is -1.36. The fraction of sp³-hybridized carbons (Fsp3) is 0.692. The van der Waals surface area contributed by atoms with Crippen LogP contribution in [-0.2, 0) is 0 Å². The van der Waals surface area contributed by atoms with E-state index >= 15 is 0 Å². The first kappa shape index (κ1) is 13.1. The zero-order valence-corrected chi connectivity index (χ0v) is 11.4. The van der Waals surface area contributed by atoms with Crippen LogP contribution in [0.4, 0.5) is 11.6 Å².